The van der Waals surface area contributed by atoms with E-state index in [4.69, 9.17) is 11.5 Å². The molecule has 0 spiro atoms. The van der Waals surface area contributed by atoms with Gasteiger partial charge in [0.1, 0.15) is 0 Å². The van der Waals surface area contributed by atoms with E-state index in [9.17, 15) is 4.79 Å². The number of carbonyl (C=O) groups is 1. The third-order valence-electron chi connectivity index (χ3n) is 1.36. The van der Waals surface area contributed by atoms with Gasteiger partial charge in [0.05, 0.1) is 0 Å². The normalized spacial score (nSPS) is 15.6. The fraction of sp³-hybridized carbons (Fsp3) is 0.875. The van der Waals surface area contributed by atoms with E-state index in [-0.39, 0.29) is 12.3 Å². The van der Waals surface area contributed by atoms with E-state index < -0.39 is 5.54 Å². The van der Waals surface area contributed by atoms with Crippen LogP contribution in [-0.2, 0) is 4.79 Å². The van der Waals surface area contributed by atoms with E-state index in [1.807, 2.05) is 6.92 Å². The molecule has 1 atom stereocenters. The maximum Gasteiger partial charge on any atom is 0.219 e. The zero-order chi connectivity index (χ0) is 9.61. The van der Waals surface area contributed by atoms with Crippen LogP contribution >= 0.6 is 11.8 Å². The predicted octanol–water partition coefficient (Wildman–Crippen LogP) is 0.722. The first kappa shape index (κ1) is 11.8. The summed E-state index contributed by atoms with van der Waals surface area (Å²) in [5.74, 6) is 1.56. The minimum Gasteiger partial charge on any atom is -0.370 e. The van der Waals surface area contributed by atoms with Crippen molar-refractivity contribution >= 4 is 17.7 Å². The van der Waals surface area contributed by atoms with E-state index in [0.29, 0.717) is 0 Å². The number of hydrogen-bond acceptors (Lipinski definition) is 3. The first-order valence-corrected chi connectivity index (χ1v) is 5.28. The fourth-order valence-electron chi connectivity index (χ4n) is 0.899. The quantitative estimate of drug-likeness (QED) is 0.606. The summed E-state index contributed by atoms with van der Waals surface area (Å²) >= 11 is 1.77. The third-order valence-corrected chi connectivity index (χ3v) is 2.92. The van der Waals surface area contributed by atoms with Crippen molar-refractivity contribution in [1.82, 2.24) is 0 Å². The maximum absolute atomic E-state index is 10.6. The second-order valence-corrected chi connectivity index (χ2v) is 4.45. The number of carbonyl (C=O) groups excluding carboxylic acids is 1. The van der Waals surface area contributed by atoms with Crippen LogP contribution in [0.3, 0.4) is 0 Å². The molecule has 0 heterocycles. The zero-order valence-corrected chi connectivity index (χ0v) is 8.62. The van der Waals surface area contributed by atoms with Crippen molar-refractivity contribution in [2.75, 3.05) is 11.5 Å². The lowest BCUT2D eigenvalue weighted by molar-refractivity contribution is -0.118. The minimum absolute atomic E-state index is 0.268. The van der Waals surface area contributed by atoms with Crippen molar-refractivity contribution in [1.29, 1.82) is 0 Å². The van der Waals surface area contributed by atoms with Crippen LogP contribution in [0.5, 0.6) is 0 Å². The van der Waals surface area contributed by atoms with Crippen LogP contribution in [-0.4, -0.2) is 23.0 Å². The molecule has 0 saturated heterocycles. The van der Waals surface area contributed by atoms with Gasteiger partial charge in [-0.25, -0.2) is 0 Å². The number of rotatable bonds is 6. The Balaban J connectivity index is 3.63. The topological polar surface area (TPSA) is 69.1 Å². The van der Waals surface area contributed by atoms with Crippen LogP contribution in [0.1, 0.15) is 26.7 Å². The molecule has 0 fully saturated rings. The Kier molecular flexibility index (Phi) is 5.33. The van der Waals surface area contributed by atoms with Crippen LogP contribution in [0.25, 0.3) is 0 Å². The van der Waals surface area contributed by atoms with Gasteiger partial charge >= 0.3 is 0 Å². The summed E-state index contributed by atoms with van der Waals surface area (Å²) < 4.78 is 0. The molecule has 0 aromatic carbocycles. The Morgan fingerprint density at radius 1 is 1.58 bits per heavy atom. The highest BCUT2D eigenvalue weighted by molar-refractivity contribution is 7.99. The molecule has 4 heteroatoms. The molecule has 0 rings (SSSR count). The highest BCUT2D eigenvalue weighted by atomic mass is 32.2. The molecule has 0 aromatic heterocycles. The SMILES string of the molecule is CCCSCC(C)(N)CC(N)=O. The van der Waals surface area contributed by atoms with Gasteiger partial charge in [-0.05, 0) is 19.1 Å². The zero-order valence-electron chi connectivity index (χ0n) is 7.80. The molecule has 3 nitrogen and oxygen atoms in total. The average molecular weight is 190 g/mol. The van der Waals surface area contributed by atoms with Gasteiger partial charge in [0, 0.05) is 17.7 Å². The molecule has 0 saturated carbocycles. The van der Waals surface area contributed by atoms with Gasteiger partial charge in [-0.15, -0.1) is 0 Å². The highest BCUT2D eigenvalue weighted by Gasteiger charge is 2.20. The predicted molar refractivity (Wildman–Crippen MR) is 54.0 cm³/mol. The standard InChI is InChI=1S/C8H18N2OS/c1-3-4-12-6-8(2,10)5-7(9)11/h3-6,10H2,1-2H3,(H2,9,11). The van der Waals surface area contributed by atoms with Gasteiger partial charge in [0.15, 0.2) is 0 Å². The molecule has 4 N–H and O–H groups in total. The lowest BCUT2D eigenvalue weighted by Crippen LogP contribution is -2.42. The van der Waals surface area contributed by atoms with Crippen molar-refractivity contribution in [2.24, 2.45) is 11.5 Å². The van der Waals surface area contributed by atoms with Crippen LogP contribution < -0.4 is 11.5 Å². The van der Waals surface area contributed by atoms with Crippen LogP contribution in [0, 0.1) is 0 Å². The number of thioether (sulfide) groups is 1. The average Bonchev–Trinajstić information content (AvgIpc) is 1.84. The molecule has 12 heavy (non-hydrogen) atoms. The molecular formula is C8H18N2OS. The Bertz CT molecular complexity index is 148. The summed E-state index contributed by atoms with van der Waals surface area (Å²) in [5, 5.41) is 0. The highest BCUT2D eigenvalue weighted by Crippen LogP contribution is 2.14. The second-order valence-electron chi connectivity index (χ2n) is 3.35. The summed E-state index contributed by atoms with van der Waals surface area (Å²) in [7, 11) is 0. The summed E-state index contributed by atoms with van der Waals surface area (Å²) in [6.07, 6.45) is 1.40. The van der Waals surface area contributed by atoms with Crippen molar-refractivity contribution in [3.8, 4) is 0 Å². The number of hydrogen-bond donors (Lipinski definition) is 2. The summed E-state index contributed by atoms with van der Waals surface area (Å²) in [5.41, 5.74) is 10.5. The molecule has 0 aliphatic rings. The van der Waals surface area contributed by atoms with Crippen LogP contribution in [0.15, 0.2) is 0 Å². The molecular weight excluding hydrogens is 172 g/mol. The van der Waals surface area contributed by atoms with E-state index >= 15 is 0 Å². The van der Waals surface area contributed by atoms with E-state index in [0.717, 1.165) is 17.9 Å². The van der Waals surface area contributed by atoms with E-state index in [2.05, 4.69) is 6.92 Å². The molecule has 0 bridgehead atoms. The van der Waals surface area contributed by atoms with Gasteiger partial charge in [0.2, 0.25) is 5.91 Å². The Morgan fingerprint density at radius 2 is 2.17 bits per heavy atom. The monoisotopic (exact) mass is 190 g/mol. The van der Waals surface area contributed by atoms with Gasteiger partial charge in [0.25, 0.3) is 0 Å². The minimum atomic E-state index is -0.439. The Labute approximate surface area is 78.3 Å². The first-order valence-electron chi connectivity index (χ1n) is 4.13. The van der Waals surface area contributed by atoms with Gasteiger partial charge in [-0.1, -0.05) is 6.92 Å². The molecule has 0 aliphatic heterocycles. The molecule has 0 aliphatic carbocycles. The number of primary amides is 1. The van der Waals surface area contributed by atoms with Gasteiger partial charge in [-0.2, -0.15) is 11.8 Å². The lowest BCUT2D eigenvalue weighted by atomic mass is 10.0. The summed E-state index contributed by atoms with van der Waals surface area (Å²) in [6.45, 7) is 3.98. The number of nitrogens with two attached hydrogens (primary N) is 2. The first-order chi connectivity index (χ1) is 5.48. The molecule has 0 aromatic rings. The van der Waals surface area contributed by atoms with Crippen LogP contribution in [0.4, 0.5) is 0 Å². The lowest BCUT2D eigenvalue weighted by Gasteiger charge is -2.22. The molecule has 1 unspecified atom stereocenters. The van der Waals surface area contributed by atoms with E-state index in [1.165, 1.54) is 0 Å². The smallest absolute Gasteiger partial charge is 0.219 e. The molecule has 1 amide bonds. The fourth-order valence-corrected chi connectivity index (χ4v) is 1.90. The Hall–Kier alpha value is -0.220. The van der Waals surface area contributed by atoms with Crippen molar-refractivity contribution in [2.45, 2.75) is 32.2 Å². The van der Waals surface area contributed by atoms with Crippen molar-refractivity contribution < 1.29 is 4.79 Å². The summed E-state index contributed by atoms with van der Waals surface area (Å²) in [4.78, 5) is 10.6. The van der Waals surface area contributed by atoms with Crippen molar-refractivity contribution in [3.05, 3.63) is 0 Å². The number of amides is 1. The third kappa shape index (κ3) is 6.49. The maximum atomic E-state index is 10.6. The summed E-state index contributed by atoms with van der Waals surface area (Å²) in [6, 6.07) is 0. The van der Waals surface area contributed by atoms with Crippen molar-refractivity contribution in [3.63, 3.8) is 0 Å². The molecule has 72 valence electrons. The largest absolute Gasteiger partial charge is 0.370 e. The second kappa shape index (κ2) is 5.43. The van der Waals surface area contributed by atoms with Gasteiger partial charge < -0.3 is 11.5 Å². The Morgan fingerprint density at radius 3 is 2.58 bits per heavy atom. The van der Waals surface area contributed by atoms with Crippen LogP contribution in [0.2, 0.25) is 0 Å². The molecule has 0 radical (unpaired) electrons. The van der Waals surface area contributed by atoms with E-state index in [1.54, 1.807) is 11.8 Å². The van der Waals surface area contributed by atoms with Gasteiger partial charge in [-0.3, -0.25) is 4.79 Å².